The molecule has 4 unspecified atom stereocenters. The number of nitro benzene ring substituents is 1. The van der Waals surface area contributed by atoms with Crippen LogP contribution in [0.1, 0.15) is 42.7 Å². The van der Waals surface area contributed by atoms with Crippen LogP contribution in [-0.2, 0) is 20.8 Å². The van der Waals surface area contributed by atoms with Gasteiger partial charge in [-0.1, -0.05) is 18.2 Å². The summed E-state index contributed by atoms with van der Waals surface area (Å²) in [4.78, 5) is 52.0. The average molecular weight is 442 g/mol. The first-order valence-electron chi connectivity index (χ1n) is 10.1. The number of hydrogen-bond donors (Lipinski definition) is 1. The number of fused-ring (bicyclic) bond motifs is 1. The predicted octanol–water partition coefficient (Wildman–Crippen LogP) is 3.61. The lowest BCUT2D eigenvalue weighted by molar-refractivity contribution is -0.385. The molecule has 1 saturated carbocycles. The Hall–Kier alpha value is -3.07. The van der Waals surface area contributed by atoms with Crippen molar-refractivity contribution in [2.24, 2.45) is 11.8 Å². The van der Waals surface area contributed by atoms with Gasteiger partial charge in [-0.3, -0.25) is 19.7 Å². The number of hydrogen-bond acceptors (Lipinski definition) is 6. The Kier molecular flexibility index (Phi) is 5.38. The molecule has 1 amide bonds. The number of rotatable bonds is 5. The topological polar surface area (TPSA) is 118 Å². The molecular formula is C22H22N2O6S. The van der Waals surface area contributed by atoms with Crippen LogP contribution in [0.4, 0.5) is 5.69 Å². The second-order valence-electron chi connectivity index (χ2n) is 8.26. The van der Waals surface area contributed by atoms with Crippen molar-refractivity contribution < 1.29 is 24.4 Å². The van der Waals surface area contributed by atoms with E-state index in [9.17, 15) is 29.6 Å². The fourth-order valence-electron chi connectivity index (χ4n) is 5.22. The zero-order chi connectivity index (χ0) is 22.3. The molecule has 1 saturated heterocycles. The summed E-state index contributed by atoms with van der Waals surface area (Å²) in [5, 5.41) is 23.4. The van der Waals surface area contributed by atoms with E-state index < -0.39 is 40.2 Å². The Bertz CT molecular complexity index is 1050. The zero-order valence-electron chi connectivity index (χ0n) is 16.9. The molecule has 1 aliphatic carbocycles. The molecule has 0 radical (unpaired) electrons. The van der Waals surface area contributed by atoms with Gasteiger partial charge in [0.25, 0.3) is 5.69 Å². The van der Waals surface area contributed by atoms with Crippen molar-refractivity contribution in [1.82, 2.24) is 4.90 Å². The smallest absolute Gasteiger partial charge is 0.329 e. The van der Waals surface area contributed by atoms with Gasteiger partial charge in [-0.25, -0.2) is 4.79 Å². The van der Waals surface area contributed by atoms with E-state index in [1.165, 1.54) is 41.4 Å². The van der Waals surface area contributed by atoms with Gasteiger partial charge in [0.2, 0.25) is 5.91 Å². The molecular weight excluding hydrogens is 420 g/mol. The lowest BCUT2D eigenvalue weighted by Gasteiger charge is -2.38. The van der Waals surface area contributed by atoms with Crippen molar-refractivity contribution in [2.45, 2.75) is 44.2 Å². The Morgan fingerprint density at radius 2 is 2.10 bits per heavy atom. The zero-order valence-corrected chi connectivity index (χ0v) is 17.7. The molecule has 2 aliphatic rings. The third-order valence-electron chi connectivity index (χ3n) is 6.61. The van der Waals surface area contributed by atoms with E-state index in [0.29, 0.717) is 24.8 Å². The Labute approximate surface area is 182 Å². The molecule has 31 heavy (non-hydrogen) atoms. The monoisotopic (exact) mass is 442 g/mol. The van der Waals surface area contributed by atoms with E-state index >= 15 is 0 Å². The molecule has 1 aromatic carbocycles. The number of carbonyl (C=O) groups excluding carboxylic acids is 2. The number of aliphatic carboxylic acids is 1. The predicted molar refractivity (Wildman–Crippen MR) is 113 cm³/mol. The van der Waals surface area contributed by atoms with Crippen LogP contribution in [-0.4, -0.2) is 38.1 Å². The molecule has 2 aromatic rings. The van der Waals surface area contributed by atoms with Crippen LogP contribution in [0.25, 0.3) is 0 Å². The number of thiophene rings is 1. The maximum Gasteiger partial charge on any atom is 0.329 e. The fourth-order valence-corrected chi connectivity index (χ4v) is 5.92. The number of carboxylic acid groups (broad SMARTS) is 1. The highest BCUT2D eigenvalue weighted by molar-refractivity contribution is 7.10. The highest BCUT2D eigenvalue weighted by Crippen LogP contribution is 2.55. The second-order valence-corrected chi connectivity index (χ2v) is 9.29. The van der Waals surface area contributed by atoms with Crippen molar-refractivity contribution in [3.8, 4) is 0 Å². The second kappa shape index (κ2) is 7.88. The van der Waals surface area contributed by atoms with Gasteiger partial charge >= 0.3 is 5.97 Å². The van der Waals surface area contributed by atoms with Gasteiger partial charge in [0, 0.05) is 35.3 Å². The number of amides is 1. The number of nitrogens with zero attached hydrogens (tertiary/aromatic N) is 2. The number of likely N-dealkylation sites (tertiary alicyclic amines) is 1. The van der Waals surface area contributed by atoms with Crippen molar-refractivity contribution in [2.75, 3.05) is 0 Å². The maximum atomic E-state index is 13.5. The van der Waals surface area contributed by atoms with Crippen LogP contribution in [0.5, 0.6) is 0 Å². The molecule has 1 N–H and O–H groups in total. The normalized spacial score (nSPS) is 27.7. The van der Waals surface area contributed by atoms with Crippen LogP contribution in [0, 0.1) is 22.0 Å². The Morgan fingerprint density at radius 1 is 1.32 bits per heavy atom. The first-order chi connectivity index (χ1) is 14.7. The van der Waals surface area contributed by atoms with E-state index in [4.69, 9.17) is 0 Å². The number of non-ortho nitro benzene ring substituents is 1. The molecule has 9 heteroatoms. The summed E-state index contributed by atoms with van der Waals surface area (Å²) in [6, 6.07) is 8.59. The average Bonchev–Trinajstić information content (AvgIpc) is 3.33. The van der Waals surface area contributed by atoms with E-state index in [0.717, 1.165) is 4.88 Å². The van der Waals surface area contributed by atoms with Crippen LogP contribution in [0.15, 0.2) is 41.8 Å². The highest BCUT2D eigenvalue weighted by Gasteiger charge is 2.64. The summed E-state index contributed by atoms with van der Waals surface area (Å²) in [6.45, 7) is 1.51. The van der Waals surface area contributed by atoms with Gasteiger partial charge in [-0.05, 0) is 36.8 Å². The van der Waals surface area contributed by atoms with Crippen molar-refractivity contribution in [3.05, 3.63) is 62.3 Å². The van der Waals surface area contributed by atoms with E-state index in [-0.39, 0.29) is 17.9 Å². The van der Waals surface area contributed by atoms with Crippen molar-refractivity contribution in [1.29, 1.82) is 0 Å². The number of carboxylic acids is 1. The largest absolute Gasteiger partial charge is 0.479 e. The SMILES string of the molecule is CC1(C(=O)O)C2CCCC(=O)C2C(c2cccc([N+](=O)[O-])c2)N1C(=O)Cc1cccs1. The summed E-state index contributed by atoms with van der Waals surface area (Å²) in [6.07, 6.45) is 1.40. The van der Waals surface area contributed by atoms with Gasteiger partial charge in [0.1, 0.15) is 11.3 Å². The lowest BCUT2D eigenvalue weighted by atomic mass is 9.70. The minimum atomic E-state index is -1.58. The minimum absolute atomic E-state index is 0.0135. The van der Waals surface area contributed by atoms with Crippen molar-refractivity contribution >= 4 is 34.7 Å². The summed E-state index contributed by atoms with van der Waals surface area (Å²) in [5.74, 6) is -2.91. The molecule has 2 fully saturated rings. The van der Waals surface area contributed by atoms with Gasteiger partial charge < -0.3 is 10.0 Å². The molecule has 4 atom stereocenters. The number of nitro groups is 1. The summed E-state index contributed by atoms with van der Waals surface area (Å²) < 4.78 is 0. The summed E-state index contributed by atoms with van der Waals surface area (Å²) >= 11 is 1.40. The first kappa shape index (κ1) is 21.2. The van der Waals surface area contributed by atoms with Gasteiger partial charge in [-0.2, -0.15) is 0 Å². The Balaban J connectivity index is 1.87. The van der Waals surface area contributed by atoms with Crippen LogP contribution in [0.3, 0.4) is 0 Å². The molecule has 1 aliphatic heterocycles. The third-order valence-corrected chi connectivity index (χ3v) is 7.49. The highest BCUT2D eigenvalue weighted by atomic mass is 32.1. The molecule has 8 nitrogen and oxygen atoms in total. The maximum absolute atomic E-state index is 13.5. The standard InChI is InChI=1S/C22H22N2O6S/c1-22(21(27)28)16-8-3-9-17(25)19(16)20(13-5-2-6-14(11-13)24(29)30)23(22)18(26)12-15-7-4-10-31-15/h2,4-7,10-11,16,19-20H,3,8-9,12H2,1H3,(H,27,28). The van der Waals surface area contributed by atoms with Gasteiger partial charge in [0.15, 0.2) is 0 Å². The van der Waals surface area contributed by atoms with E-state index in [1.807, 2.05) is 11.4 Å². The number of ketones is 1. The molecule has 1 aromatic heterocycles. The fraction of sp³-hybridized carbons (Fsp3) is 0.409. The molecule has 2 heterocycles. The van der Waals surface area contributed by atoms with E-state index in [2.05, 4.69) is 0 Å². The number of Topliss-reactive ketones (excluding diaryl/α,β-unsaturated/α-hetero) is 1. The van der Waals surface area contributed by atoms with Crippen LogP contribution >= 0.6 is 11.3 Å². The van der Waals surface area contributed by atoms with E-state index in [1.54, 1.807) is 12.1 Å². The molecule has 162 valence electrons. The summed E-state index contributed by atoms with van der Waals surface area (Å²) in [7, 11) is 0. The Morgan fingerprint density at radius 3 is 2.74 bits per heavy atom. The first-order valence-corrected chi connectivity index (χ1v) is 11.0. The van der Waals surface area contributed by atoms with Crippen molar-refractivity contribution in [3.63, 3.8) is 0 Å². The summed E-state index contributed by atoms with van der Waals surface area (Å²) in [5.41, 5.74) is -1.32. The number of carbonyl (C=O) groups is 3. The molecule has 0 bridgehead atoms. The molecule has 4 rings (SSSR count). The van der Waals surface area contributed by atoms with Gasteiger partial charge in [0.05, 0.1) is 17.4 Å². The minimum Gasteiger partial charge on any atom is -0.479 e. The quantitative estimate of drug-likeness (QED) is 0.558. The molecule has 0 spiro atoms. The lowest BCUT2D eigenvalue weighted by Crippen LogP contribution is -2.55. The van der Waals surface area contributed by atoms with Crippen LogP contribution < -0.4 is 0 Å². The van der Waals surface area contributed by atoms with Crippen LogP contribution in [0.2, 0.25) is 0 Å². The third kappa shape index (κ3) is 3.42. The van der Waals surface area contributed by atoms with Gasteiger partial charge in [-0.15, -0.1) is 11.3 Å². The number of benzene rings is 1.